The Morgan fingerprint density at radius 1 is 1.17 bits per heavy atom. The lowest BCUT2D eigenvalue weighted by atomic mass is 10.1. The number of rotatable bonds is 8. The maximum absolute atomic E-state index is 11.6. The Morgan fingerprint density at radius 3 is 2.53 bits per heavy atom. The van der Waals surface area contributed by atoms with Crippen LogP contribution >= 0.6 is 11.3 Å². The van der Waals surface area contributed by atoms with Gasteiger partial charge in [0.15, 0.2) is 21.6 Å². The lowest BCUT2D eigenvalue weighted by molar-refractivity contribution is 0.602. The first-order valence-electron chi connectivity index (χ1n) is 9.51. The van der Waals surface area contributed by atoms with Gasteiger partial charge in [-0.2, -0.15) is 0 Å². The molecule has 0 amide bonds. The van der Waals surface area contributed by atoms with E-state index in [1.807, 2.05) is 42.1 Å². The number of guanidine groups is 1. The predicted molar refractivity (Wildman–Crippen MR) is 119 cm³/mol. The Bertz CT molecular complexity index is 1090. The third-order valence-corrected chi connectivity index (χ3v) is 6.63. The van der Waals surface area contributed by atoms with Gasteiger partial charge in [0.2, 0.25) is 0 Å². The van der Waals surface area contributed by atoms with Crippen LogP contribution in [0.5, 0.6) is 0 Å². The minimum absolute atomic E-state index is 0.332. The monoisotopic (exact) mass is 446 g/mol. The highest BCUT2D eigenvalue weighted by Crippen LogP contribution is 2.11. The largest absolute Gasteiger partial charge is 0.356 e. The predicted octanol–water partition coefficient (Wildman–Crippen LogP) is 2.07. The van der Waals surface area contributed by atoms with Crippen molar-refractivity contribution in [3.05, 3.63) is 63.9 Å². The van der Waals surface area contributed by atoms with Crippen LogP contribution in [-0.4, -0.2) is 41.9 Å². The first-order chi connectivity index (χ1) is 14.3. The van der Waals surface area contributed by atoms with Gasteiger partial charge in [-0.15, -0.1) is 21.5 Å². The van der Waals surface area contributed by atoms with Crippen molar-refractivity contribution in [3.8, 4) is 0 Å². The summed E-state index contributed by atoms with van der Waals surface area (Å²) in [7, 11) is -1.25. The van der Waals surface area contributed by atoms with Crippen LogP contribution in [0.15, 0.2) is 51.7 Å². The Hall–Kier alpha value is -2.72. The third kappa shape index (κ3) is 6.14. The molecule has 2 N–H and O–H groups in total. The summed E-state index contributed by atoms with van der Waals surface area (Å²) in [5, 5.41) is 17.0. The highest BCUT2D eigenvalue weighted by Gasteiger charge is 2.07. The van der Waals surface area contributed by atoms with Crippen molar-refractivity contribution in [1.29, 1.82) is 0 Å². The summed E-state index contributed by atoms with van der Waals surface area (Å²) < 4.78 is 25.1. The van der Waals surface area contributed by atoms with Crippen LogP contribution in [-0.2, 0) is 36.4 Å². The second-order valence-corrected chi connectivity index (χ2v) is 9.96. The fourth-order valence-electron chi connectivity index (χ4n) is 2.73. The smallest absolute Gasteiger partial charge is 0.192 e. The molecule has 0 aliphatic carbocycles. The summed E-state index contributed by atoms with van der Waals surface area (Å²) in [6.07, 6.45) is 1.96. The van der Waals surface area contributed by atoms with E-state index in [1.165, 1.54) is 11.1 Å². The Balaban J connectivity index is 1.61. The van der Waals surface area contributed by atoms with Gasteiger partial charge in [0.1, 0.15) is 12.4 Å². The zero-order valence-corrected chi connectivity index (χ0v) is 18.9. The minimum atomic E-state index is -3.17. The van der Waals surface area contributed by atoms with E-state index in [2.05, 4.69) is 31.9 Å². The van der Waals surface area contributed by atoms with E-state index in [0.29, 0.717) is 30.5 Å². The SMILES string of the molecule is Cc1nnc(CN=C(NCCc2ccc(S(C)(=O)=O)cc2)NCc2cccs2)n1C. The van der Waals surface area contributed by atoms with E-state index in [0.717, 1.165) is 23.6 Å². The fraction of sp³-hybridized carbons (Fsp3) is 0.350. The Kier molecular flexibility index (Phi) is 7.22. The van der Waals surface area contributed by atoms with Crippen LogP contribution in [0.3, 0.4) is 0 Å². The highest BCUT2D eigenvalue weighted by molar-refractivity contribution is 7.90. The molecule has 0 bridgehead atoms. The summed E-state index contributed by atoms with van der Waals surface area (Å²) in [5.41, 5.74) is 1.05. The summed E-state index contributed by atoms with van der Waals surface area (Å²) in [4.78, 5) is 6.19. The van der Waals surface area contributed by atoms with Gasteiger partial charge >= 0.3 is 0 Å². The van der Waals surface area contributed by atoms with Gasteiger partial charge in [0.25, 0.3) is 0 Å². The molecular weight excluding hydrogens is 420 g/mol. The lowest BCUT2D eigenvalue weighted by Crippen LogP contribution is -2.38. The third-order valence-electron chi connectivity index (χ3n) is 4.63. The van der Waals surface area contributed by atoms with Gasteiger partial charge in [-0.25, -0.2) is 13.4 Å². The number of hydrogen-bond acceptors (Lipinski definition) is 6. The number of aryl methyl sites for hydroxylation is 1. The number of nitrogens with zero attached hydrogens (tertiary/aromatic N) is 4. The second-order valence-electron chi connectivity index (χ2n) is 6.91. The van der Waals surface area contributed by atoms with E-state index in [9.17, 15) is 8.42 Å². The van der Waals surface area contributed by atoms with E-state index in [-0.39, 0.29) is 0 Å². The molecule has 30 heavy (non-hydrogen) atoms. The van der Waals surface area contributed by atoms with Gasteiger partial charge in [0.05, 0.1) is 11.4 Å². The number of hydrogen-bond donors (Lipinski definition) is 2. The molecule has 0 radical (unpaired) electrons. The number of benzene rings is 1. The number of nitrogens with one attached hydrogen (secondary N) is 2. The normalized spacial score (nSPS) is 12.2. The molecule has 160 valence electrons. The first kappa shape index (κ1) is 22.0. The van der Waals surface area contributed by atoms with Crippen LogP contribution in [0.25, 0.3) is 0 Å². The molecule has 2 aromatic heterocycles. The first-order valence-corrected chi connectivity index (χ1v) is 12.3. The molecule has 0 aliphatic heterocycles. The van der Waals surface area contributed by atoms with E-state index in [4.69, 9.17) is 0 Å². The molecule has 0 fully saturated rings. The average molecular weight is 447 g/mol. The molecule has 3 rings (SSSR count). The Labute approximate surface area is 181 Å². The molecule has 0 unspecified atom stereocenters. The van der Waals surface area contributed by atoms with Crippen LogP contribution in [0.4, 0.5) is 0 Å². The van der Waals surface area contributed by atoms with Crippen molar-refractivity contribution in [3.63, 3.8) is 0 Å². The molecule has 0 aliphatic rings. The average Bonchev–Trinajstić information content (AvgIpc) is 3.34. The molecule has 0 spiro atoms. The topological polar surface area (TPSA) is 101 Å². The summed E-state index contributed by atoms with van der Waals surface area (Å²) in [6.45, 7) is 3.67. The van der Waals surface area contributed by atoms with Gasteiger partial charge < -0.3 is 15.2 Å². The van der Waals surface area contributed by atoms with E-state index >= 15 is 0 Å². The number of aromatic nitrogens is 3. The van der Waals surface area contributed by atoms with Crippen molar-refractivity contribution in [2.75, 3.05) is 12.8 Å². The molecular formula is C20H26N6O2S2. The summed E-state index contributed by atoms with van der Waals surface area (Å²) >= 11 is 1.69. The molecule has 0 saturated carbocycles. The van der Waals surface area contributed by atoms with Crippen molar-refractivity contribution >= 4 is 27.1 Å². The van der Waals surface area contributed by atoms with Crippen LogP contribution in [0.1, 0.15) is 22.1 Å². The molecule has 10 heteroatoms. The molecule has 0 atom stereocenters. The maximum Gasteiger partial charge on any atom is 0.192 e. The quantitative estimate of drug-likeness (QED) is 0.406. The Morgan fingerprint density at radius 2 is 1.93 bits per heavy atom. The molecule has 0 saturated heterocycles. The molecule has 8 nitrogen and oxygen atoms in total. The number of aliphatic imine (C=N–C) groups is 1. The van der Waals surface area contributed by atoms with Crippen LogP contribution in [0.2, 0.25) is 0 Å². The van der Waals surface area contributed by atoms with Crippen molar-refractivity contribution in [2.24, 2.45) is 12.0 Å². The fourth-order valence-corrected chi connectivity index (χ4v) is 4.00. The highest BCUT2D eigenvalue weighted by atomic mass is 32.2. The molecule has 1 aromatic carbocycles. The standard InChI is InChI=1S/C20H26N6O2S2/c1-15-24-25-19(26(15)2)14-23-20(22-13-17-5-4-12-29-17)21-11-10-16-6-8-18(9-7-16)30(3,27)28/h4-9,12H,10-11,13-14H2,1-3H3,(H2,21,22,23). The lowest BCUT2D eigenvalue weighted by Gasteiger charge is -2.12. The van der Waals surface area contributed by atoms with Gasteiger partial charge in [-0.1, -0.05) is 18.2 Å². The van der Waals surface area contributed by atoms with Crippen molar-refractivity contribution < 1.29 is 8.42 Å². The second kappa shape index (κ2) is 9.86. The van der Waals surface area contributed by atoms with E-state index < -0.39 is 9.84 Å². The van der Waals surface area contributed by atoms with Crippen molar-refractivity contribution in [1.82, 2.24) is 25.4 Å². The number of thiophene rings is 1. The summed E-state index contributed by atoms with van der Waals surface area (Å²) in [5.74, 6) is 2.33. The zero-order valence-electron chi connectivity index (χ0n) is 17.3. The van der Waals surface area contributed by atoms with E-state index in [1.54, 1.807) is 23.5 Å². The van der Waals surface area contributed by atoms with Gasteiger partial charge in [-0.3, -0.25) is 0 Å². The van der Waals surface area contributed by atoms with Crippen LogP contribution in [0, 0.1) is 6.92 Å². The minimum Gasteiger partial charge on any atom is -0.356 e. The van der Waals surface area contributed by atoms with Crippen LogP contribution < -0.4 is 10.6 Å². The maximum atomic E-state index is 11.6. The zero-order chi connectivity index (χ0) is 21.6. The van der Waals surface area contributed by atoms with Gasteiger partial charge in [-0.05, 0) is 42.5 Å². The van der Waals surface area contributed by atoms with Gasteiger partial charge in [0, 0.05) is 24.7 Å². The molecule has 3 aromatic rings. The molecule has 2 heterocycles. The number of sulfone groups is 1. The summed E-state index contributed by atoms with van der Waals surface area (Å²) in [6, 6.07) is 11.1. The van der Waals surface area contributed by atoms with Crippen molar-refractivity contribution in [2.45, 2.75) is 31.3 Å².